The second kappa shape index (κ2) is 10.6. The lowest BCUT2D eigenvalue weighted by atomic mass is 10.1. The van der Waals surface area contributed by atoms with E-state index in [9.17, 15) is 9.59 Å². The number of benzene rings is 2. The Kier molecular flexibility index (Phi) is 7.38. The smallest absolute Gasteiger partial charge is 0.262 e. The Labute approximate surface area is 175 Å². The highest BCUT2D eigenvalue weighted by molar-refractivity contribution is 5.94. The molecule has 2 N–H and O–H groups in total. The van der Waals surface area contributed by atoms with Gasteiger partial charge in [0, 0.05) is 24.6 Å². The van der Waals surface area contributed by atoms with Crippen LogP contribution in [-0.4, -0.2) is 30.0 Å². The number of hydrogen-bond donors (Lipinski definition) is 2. The van der Waals surface area contributed by atoms with Crippen LogP contribution >= 0.6 is 0 Å². The Morgan fingerprint density at radius 3 is 2.37 bits per heavy atom. The summed E-state index contributed by atoms with van der Waals surface area (Å²) in [6, 6.07) is 17.7. The molecule has 1 heterocycles. The molecule has 0 saturated heterocycles. The van der Waals surface area contributed by atoms with Crippen LogP contribution in [-0.2, 0) is 11.3 Å². The number of pyridine rings is 1. The van der Waals surface area contributed by atoms with E-state index in [2.05, 4.69) is 15.6 Å². The number of nitrogens with one attached hydrogen (secondary N) is 2. The maximum atomic E-state index is 12.3. The van der Waals surface area contributed by atoms with Crippen molar-refractivity contribution < 1.29 is 19.1 Å². The first-order chi connectivity index (χ1) is 14.7. The summed E-state index contributed by atoms with van der Waals surface area (Å²) in [6.07, 6.45) is 3.11. The first-order valence-corrected chi connectivity index (χ1v) is 9.57. The quantitative estimate of drug-likeness (QED) is 0.569. The third kappa shape index (κ3) is 6.07. The van der Waals surface area contributed by atoms with Gasteiger partial charge >= 0.3 is 0 Å². The van der Waals surface area contributed by atoms with E-state index in [-0.39, 0.29) is 25.0 Å². The minimum Gasteiger partial charge on any atom is -0.494 e. The molecule has 154 valence electrons. The van der Waals surface area contributed by atoms with Crippen molar-refractivity contribution in [3.8, 4) is 11.5 Å². The van der Waals surface area contributed by atoms with Crippen molar-refractivity contribution in [2.24, 2.45) is 0 Å². The van der Waals surface area contributed by atoms with Crippen LogP contribution in [0.2, 0.25) is 0 Å². The fraction of sp³-hybridized carbons (Fsp3) is 0.174. The van der Waals surface area contributed by atoms with Crippen molar-refractivity contribution in [1.82, 2.24) is 10.3 Å². The summed E-state index contributed by atoms with van der Waals surface area (Å²) in [5, 5.41) is 5.65. The number of hydrogen-bond acceptors (Lipinski definition) is 5. The van der Waals surface area contributed by atoms with Crippen LogP contribution < -0.4 is 20.1 Å². The highest BCUT2D eigenvalue weighted by Crippen LogP contribution is 2.18. The molecule has 0 aliphatic carbocycles. The first kappa shape index (κ1) is 20.9. The molecule has 0 aliphatic heterocycles. The molecule has 7 heteroatoms. The maximum absolute atomic E-state index is 12.3. The lowest BCUT2D eigenvalue weighted by Gasteiger charge is -2.13. The van der Waals surface area contributed by atoms with Crippen LogP contribution in [0.4, 0.5) is 5.69 Å². The molecule has 1 aromatic heterocycles. The summed E-state index contributed by atoms with van der Waals surface area (Å²) in [6.45, 7) is 2.63. The summed E-state index contributed by atoms with van der Waals surface area (Å²) in [5.74, 6) is 0.792. The highest BCUT2D eigenvalue weighted by atomic mass is 16.5. The molecule has 3 aromatic rings. The number of para-hydroxylation sites is 1. The van der Waals surface area contributed by atoms with Gasteiger partial charge in [-0.2, -0.15) is 0 Å². The molecule has 0 unspecified atom stereocenters. The predicted octanol–water partition coefficient (Wildman–Crippen LogP) is 3.43. The molecule has 0 spiro atoms. The normalized spacial score (nSPS) is 10.2. The van der Waals surface area contributed by atoms with Crippen molar-refractivity contribution in [3.05, 3.63) is 84.2 Å². The van der Waals surface area contributed by atoms with Crippen molar-refractivity contribution in [2.75, 3.05) is 18.5 Å². The molecule has 0 aliphatic rings. The molecule has 0 bridgehead atoms. The molecular weight excluding hydrogens is 382 g/mol. The minimum absolute atomic E-state index is 0.135. The standard InChI is InChI=1S/C23H23N3O4/c1-2-29-19-9-11-20(12-10-19)30-16-22(27)26-21-8-4-3-6-17(21)15-25-23(28)18-7-5-13-24-14-18/h3-14H,2,15-16H2,1H3,(H,25,28)(H,26,27). The molecule has 7 nitrogen and oxygen atoms in total. The summed E-state index contributed by atoms with van der Waals surface area (Å²) in [4.78, 5) is 28.5. The molecular formula is C23H23N3O4. The van der Waals surface area contributed by atoms with E-state index in [0.29, 0.717) is 23.6 Å². The Morgan fingerprint density at radius 1 is 0.933 bits per heavy atom. The second-order valence-electron chi connectivity index (χ2n) is 6.32. The van der Waals surface area contributed by atoms with Crippen LogP contribution in [0.3, 0.4) is 0 Å². The largest absolute Gasteiger partial charge is 0.494 e. The van der Waals surface area contributed by atoms with Gasteiger partial charge in [-0.05, 0) is 55.0 Å². The van der Waals surface area contributed by atoms with Crippen LogP contribution in [0.15, 0.2) is 73.1 Å². The monoisotopic (exact) mass is 405 g/mol. The van der Waals surface area contributed by atoms with Gasteiger partial charge in [-0.3, -0.25) is 14.6 Å². The summed E-state index contributed by atoms with van der Waals surface area (Å²) < 4.78 is 10.9. The predicted molar refractivity (Wildman–Crippen MR) is 114 cm³/mol. The number of carbonyl (C=O) groups is 2. The minimum atomic E-state index is -0.296. The number of amides is 2. The molecule has 2 amide bonds. The van der Waals surface area contributed by atoms with Crippen molar-refractivity contribution in [2.45, 2.75) is 13.5 Å². The number of ether oxygens (including phenoxy) is 2. The van der Waals surface area contributed by atoms with Crippen molar-refractivity contribution in [1.29, 1.82) is 0 Å². The molecule has 3 rings (SSSR count). The van der Waals surface area contributed by atoms with E-state index in [1.165, 1.54) is 6.20 Å². The molecule has 0 atom stereocenters. The van der Waals surface area contributed by atoms with Gasteiger partial charge in [0.15, 0.2) is 6.61 Å². The third-order valence-corrected chi connectivity index (χ3v) is 4.16. The fourth-order valence-electron chi connectivity index (χ4n) is 2.70. The summed E-state index contributed by atoms with van der Waals surface area (Å²) >= 11 is 0. The van der Waals surface area contributed by atoms with Crippen LogP contribution in [0, 0.1) is 0 Å². The van der Waals surface area contributed by atoms with Gasteiger partial charge < -0.3 is 20.1 Å². The van der Waals surface area contributed by atoms with Crippen LogP contribution in [0.5, 0.6) is 11.5 Å². The number of aromatic nitrogens is 1. The van der Waals surface area contributed by atoms with E-state index < -0.39 is 0 Å². The van der Waals surface area contributed by atoms with Crippen molar-refractivity contribution in [3.63, 3.8) is 0 Å². The van der Waals surface area contributed by atoms with Gasteiger partial charge in [-0.25, -0.2) is 0 Å². The van der Waals surface area contributed by atoms with Crippen LogP contribution in [0.25, 0.3) is 0 Å². The lowest BCUT2D eigenvalue weighted by molar-refractivity contribution is -0.118. The van der Waals surface area contributed by atoms with Crippen molar-refractivity contribution >= 4 is 17.5 Å². The van der Waals surface area contributed by atoms with Gasteiger partial charge in [-0.15, -0.1) is 0 Å². The number of nitrogens with zero attached hydrogens (tertiary/aromatic N) is 1. The molecule has 0 fully saturated rings. The van der Waals surface area contributed by atoms with E-state index >= 15 is 0 Å². The Balaban J connectivity index is 1.53. The van der Waals surface area contributed by atoms with Gasteiger partial charge in [0.2, 0.25) is 0 Å². The zero-order chi connectivity index (χ0) is 21.2. The Bertz CT molecular complexity index is 975. The summed E-state index contributed by atoms with van der Waals surface area (Å²) in [5.41, 5.74) is 1.87. The van der Waals surface area contributed by atoms with Crippen LogP contribution in [0.1, 0.15) is 22.8 Å². The van der Waals surface area contributed by atoms with Gasteiger partial charge in [0.05, 0.1) is 12.2 Å². The fourth-order valence-corrected chi connectivity index (χ4v) is 2.70. The van der Waals surface area contributed by atoms with E-state index in [1.807, 2.05) is 25.1 Å². The first-order valence-electron chi connectivity index (χ1n) is 9.57. The lowest BCUT2D eigenvalue weighted by Crippen LogP contribution is -2.25. The zero-order valence-electron chi connectivity index (χ0n) is 16.6. The average Bonchev–Trinajstić information content (AvgIpc) is 2.78. The SMILES string of the molecule is CCOc1ccc(OCC(=O)Nc2ccccc2CNC(=O)c2cccnc2)cc1. The average molecular weight is 405 g/mol. The van der Waals surface area contributed by atoms with E-state index in [4.69, 9.17) is 9.47 Å². The number of rotatable bonds is 9. The Hall–Kier alpha value is -3.87. The van der Waals surface area contributed by atoms with Gasteiger partial charge in [0.25, 0.3) is 11.8 Å². The van der Waals surface area contributed by atoms with E-state index in [0.717, 1.165) is 11.3 Å². The molecule has 0 saturated carbocycles. The summed E-state index contributed by atoms with van der Waals surface area (Å²) in [7, 11) is 0. The van der Waals surface area contributed by atoms with Gasteiger partial charge in [0.1, 0.15) is 11.5 Å². The topological polar surface area (TPSA) is 89.5 Å². The molecule has 2 aromatic carbocycles. The number of carbonyl (C=O) groups excluding carboxylic acids is 2. The maximum Gasteiger partial charge on any atom is 0.262 e. The highest BCUT2D eigenvalue weighted by Gasteiger charge is 2.10. The van der Waals surface area contributed by atoms with E-state index in [1.54, 1.807) is 48.7 Å². The number of anilines is 1. The van der Waals surface area contributed by atoms with Gasteiger partial charge in [-0.1, -0.05) is 18.2 Å². The molecule has 0 radical (unpaired) electrons. The molecule has 30 heavy (non-hydrogen) atoms. The third-order valence-electron chi connectivity index (χ3n) is 4.16. The zero-order valence-corrected chi connectivity index (χ0v) is 16.6. The second-order valence-corrected chi connectivity index (χ2v) is 6.32. The Morgan fingerprint density at radius 2 is 1.67 bits per heavy atom.